The third kappa shape index (κ3) is 4.38. The lowest BCUT2D eigenvalue weighted by atomic mass is 9.90. The van der Waals surface area contributed by atoms with Crippen LogP contribution in [0.3, 0.4) is 0 Å². The minimum atomic E-state index is -1.04. The maximum atomic E-state index is 14.2. The van der Waals surface area contributed by atoms with Crippen molar-refractivity contribution in [2.45, 2.75) is 31.0 Å². The van der Waals surface area contributed by atoms with Crippen LogP contribution in [-0.2, 0) is 28.1 Å². The highest BCUT2D eigenvalue weighted by atomic mass is 35.5. The van der Waals surface area contributed by atoms with Gasteiger partial charge in [0, 0.05) is 47.6 Å². The Labute approximate surface area is 229 Å². The zero-order chi connectivity index (χ0) is 27.3. The summed E-state index contributed by atoms with van der Waals surface area (Å²) in [4.78, 5) is 55.1. The zero-order valence-electron chi connectivity index (χ0n) is 20.9. The number of primary amides is 1. The van der Waals surface area contributed by atoms with Gasteiger partial charge in [-0.05, 0) is 41.5 Å². The second-order valence-corrected chi connectivity index (χ2v) is 10.5. The first-order valence-electron chi connectivity index (χ1n) is 12.6. The summed E-state index contributed by atoms with van der Waals surface area (Å²) in [6, 6.07) is 18.6. The second kappa shape index (κ2) is 9.43. The summed E-state index contributed by atoms with van der Waals surface area (Å²) >= 11 is 6.27. The summed E-state index contributed by atoms with van der Waals surface area (Å²) in [5, 5.41) is 3.20. The van der Waals surface area contributed by atoms with Gasteiger partial charge in [0.1, 0.15) is 6.04 Å². The van der Waals surface area contributed by atoms with Gasteiger partial charge in [-0.1, -0.05) is 48.0 Å². The number of amides is 4. The number of likely N-dealkylation sites (tertiary alicyclic amines) is 1. The van der Waals surface area contributed by atoms with E-state index in [1.807, 2.05) is 30.3 Å². The van der Waals surface area contributed by atoms with Gasteiger partial charge in [0.15, 0.2) is 5.60 Å². The summed E-state index contributed by atoms with van der Waals surface area (Å²) in [7, 11) is 0. The van der Waals surface area contributed by atoms with Crippen molar-refractivity contribution in [1.29, 1.82) is 0 Å². The first-order chi connectivity index (χ1) is 18.7. The minimum absolute atomic E-state index is 0.138. The summed E-state index contributed by atoms with van der Waals surface area (Å²) in [6.07, 6.45) is 0.110. The van der Waals surface area contributed by atoms with Gasteiger partial charge in [-0.25, -0.2) is 4.79 Å². The predicted octanol–water partition coefficient (Wildman–Crippen LogP) is 3.70. The molecule has 9 nitrogen and oxygen atoms in total. The Morgan fingerprint density at radius 3 is 2.64 bits per heavy atom. The Bertz CT molecular complexity index is 1530. The number of nitrogens with two attached hydrogens (primary N) is 1. The fourth-order valence-electron chi connectivity index (χ4n) is 5.75. The van der Waals surface area contributed by atoms with Crippen molar-refractivity contribution in [2.24, 2.45) is 5.73 Å². The van der Waals surface area contributed by atoms with Crippen LogP contribution in [0.15, 0.2) is 66.7 Å². The van der Waals surface area contributed by atoms with Crippen molar-refractivity contribution in [3.05, 3.63) is 99.6 Å². The van der Waals surface area contributed by atoms with Crippen molar-refractivity contribution in [3.8, 4) is 0 Å². The lowest BCUT2D eigenvalue weighted by Gasteiger charge is -2.36. The van der Waals surface area contributed by atoms with Crippen LogP contribution in [0.1, 0.15) is 43.8 Å². The number of hydrogen-bond acceptors (Lipinski definition) is 5. The van der Waals surface area contributed by atoms with Crippen LogP contribution in [-0.4, -0.2) is 52.7 Å². The number of fused-ring (bicyclic) bond motifs is 3. The Kier molecular flexibility index (Phi) is 6.03. The van der Waals surface area contributed by atoms with E-state index < -0.39 is 23.6 Å². The average molecular weight is 545 g/mol. The van der Waals surface area contributed by atoms with Gasteiger partial charge < -0.3 is 20.3 Å². The molecule has 3 N–H and O–H groups in total. The highest BCUT2D eigenvalue weighted by Crippen LogP contribution is 2.44. The summed E-state index contributed by atoms with van der Waals surface area (Å²) in [5.74, 6) is -1.20. The largest absolute Gasteiger partial charge is 0.436 e. The van der Waals surface area contributed by atoms with E-state index in [0.717, 1.165) is 11.1 Å². The van der Waals surface area contributed by atoms with Gasteiger partial charge in [-0.15, -0.1) is 0 Å². The van der Waals surface area contributed by atoms with E-state index in [4.69, 9.17) is 22.1 Å². The van der Waals surface area contributed by atoms with Gasteiger partial charge in [0.05, 0.1) is 12.2 Å². The standard InChI is InChI=1S/C29H25ClN4O5/c30-20-8-9-23-22(14-20)29(39-28(38)32-23)10-11-33(16-29)27(37)24(12-17-4-2-1-3-5-17)34-15-19-7-6-18(25(31)35)13-21(19)26(34)36/h1-9,13-14,24H,10-12,15-16H2,(H2,31,35)(H,32,38)/t24-,29?/m0/s1. The van der Waals surface area contributed by atoms with E-state index in [2.05, 4.69) is 5.32 Å². The molecule has 3 aliphatic rings. The number of ether oxygens (including phenoxy) is 1. The molecule has 3 aromatic rings. The summed E-state index contributed by atoms with van der Waals surface area (Å²) < 4.78 is 5.80. The first kappa shape index (κ1) is 24.9. The van der Waals surface area contributed by atoms with Crippen molar-refractivity contribution in [2.75, 3.05) is 18.4 Å². The number of halogens is 1. The van der Waals surface area contributed by atoms with Gasteiger partial charge in [0.2, 0.25) is 11.8 Å². The van der Waals surface area contributed by atoms with E-state index >= 15 is 0 Å². The summed E-state index contributed by atoms with van der Waals surface area (Å²) in [6.45, 7) is 0.704. The van der Waals surface area contributed by atoms with Gasteiger partial charge >= 0.3 is 6.09 Å². The molecule has 0 saturated carbocycles. The van der Waals surface area contributed by atoms with Crippen LogP contribution >= 0.6 is 11.6 Å². The molecule has 1 fully saturated rings. The Morgan fingerprint density at radius 2 is 1.87 bits per heavy atom. The number of nitrogens with zero attached hydrogens (tertiary/aromatic N) is 2. The number of carbonyl (C=O) groups is 4. The highest BCUT2D eigenvalue weighted by Gasteiger charge is 2.50. The van der Waals surface area contributed by atoms with E-state index in [0.29, 0.717) is 41.2 Å². The fraction of sp³-hybridized carbons (Fsp3) is 0.241. The molecular formula is C29H25ClN4O5. The fourth-order valence-corrected chi connectivity index (χ4v) is 5.92. The molecule has 1 spiro atoms. The van der Waals surface area contributed by atoms with Crippen molar-refractivity contribution in [3.63, 3.8) is 0 Å². The van der Waals surface area contributed by atoms with E-state index in [1.165, 1.54) is 6.07 Å². The molecule has 3 aromatic carbocycles. The molecular weight excluding hydrogens is 520 g/mol. The van der Waals surface area contributed by atoms with E-state index in [-0.39, 0.29) is 30.5 Å². The monoisotopic (exact) mass is 544 g/mol. The molecule has 0 bridgehead atoms. The van der Waals surface area contributed by atoms with E-state index in [9.17, 15) is 19.2 Å². The molecule has 0 aliphatic carbocycles. The second-order valence-electron chi connectivity index (χ2n) is 10.1. The van der Waals surface area contributed by atoms with Crippen LogP contribution in [0.25, 0.3) is 0 Å². The molecule has 6 rings (SSSR count). The lowest BCUT2D eigenvalue weighted by molar-refractivity contribution is -0.136. The van der Waals surface area contributed by atoms with E-state index in [1.54, 1.807) is 40.1 Å². The van der Waals surface area contributed by atoms with Gasteiger partial charge in [-0.3, -0.25) is 19.7 Å². The lowest BCUT2D eigenvalue weighted by Crippen LogP contribution is -2.51. The zero-order valence-corrected chi connectivity index (χ0v) is 21.6. The topological polar surface area (TPSA) is 122 Å². The Morgan fingerprint density at radius 1 is 1.08 bits per heavy atom. The molecule has 1 saturated heterocycles. The number of nitrogens with one attached hydrogen (secondary N) is 1. The number of rotatable bonds is 5. The number of benzene rings is 3. The molecule has 3 heterocycles. The van der Waals surface area contributed by atoms with Crippen molar-refractivity contribution < 1.29 is 23.9 Å². The molecule has 0 radical (unpaired) electrons. The highest BCUT2D eigenvalue weighted by molar-refractivity contribution is 6.30. The van der Waals surface area contributed by atoms with Gasteiger partial charge in [0.25, 0.3) is 5.91 Å². The first-order valence-corrected chi connectivity index (χ1v) is 13.0. The molecule has 4 amide bonds. The molecule has 3 aliphatic heterocycles. The van der Waals surface area contributed by atoms with Crippen LogP contribution in [0.2, 0.25) is 5.02 Å². The average Bonchev–Trinajstić information content (AvgIpc) is 3.49. The molecule has 2 atom stereocenters. The van der Waals surface area contributed by atoms with Gasteiger partial charge in [-0.2, -0.15) is 0 Å². The Balaban J connectivity index is 1.32. The van der Waals surface area contributed by atoms with Crippen LogP contribution in [0, 0.1) is 0 Å². The van der Waals surface area contributed by atoms with Crippen LogP contribution in [0.4, 0.5) is 10.5 Å². The molecule has 0 aromatic heterocycles. The quantitative estimate of drug-likeness (QED) is 0.507. The maximum absolute atomic E-state index is 14.2. The van der Waals surface area contributed by atoms with Crippen molar-refractivity contribution in [1.82, 2.24) is 9.80 Å². The van der Waals surface area contributed by atoms with Crippen molar-refractivity contribution >= 4 is 41.1 Å². The number of carbonyl (C=O) groups excluding carboxylic acids is 4. The molecule has 10 heteroatoms. The Hall–Kier alpha value is -4.37. The normalized spacial score (nSPS) is 20.3. The maximum Gasteiger partial charge on any atom is 0.412 e. The molecule has 39 heavy (non-hydrogen) atoms. The summed E-state index contributed by atoms with van der Waals surface area (Å²) in [5.41, 5.74) is 7.94. The third-order valence-electron chi connectivity index (χ3n) is 7.70. The SMILES string of the molecule is NC(=O)c1ccc2c(c1)C(=O)N([C@@H](Cc1ccccc1)C(=O)N1CCC3(C1)OC(=O)Nc1ccc(Cl)cc13)C2. The number of anilines is 1. The minimum Gasteiger partial charge on any atom is -0.436 e. The number of hydrogen-bond donors (Lipinski definition) is 2. The smallest absolute Gasteiger partial charge is 0.412 e. The predicted molar refractivity (Wildman–Crippen MR) is 143 cm³/mol. The van der Waals surface area contributed by atoms with Crippen LogP contribution in [0.5, 0.6) is 0 Å². The molecule has 1 unspecified atom stereocenters. The third-order valence-corrected chi connectivity index (χ3v) is 7.94. The van der Waals surface area contributed by atoms with Crippen LogP contribution < -0.4 is 11.1 Å². The molecule has 198 valence electrons.